The number of ether oxygens (including phenoxy) is 2. The van der Waals surface area contributed by atoms with Crippen LogP contribution < -0.4 is 5.32 Å². The maximum absolute atomic E-state index is 5.66. The first kappa shape index (κ1) is 16.9. The van der Waals surface area contributed by atoms with Crippen LogP contribution in [0.5, 0.6) is 0 Å². The number of hydrogen-bond donors (Lipinski definition) is 1. The molecule has 1 aliphatic heterocycles. The number of nitrogens with zero attached hydrogens (tertiary/aromatic N) is 1. The van der Waals surface area contributed by atoms with Crippen molar-refractivity contribution < 1.29 is 9.47 Å². The topological polar surface area (TPSA) is 33.7 Å². The fourth-order valence-electron chi connectivity index (χ4n) is 2.62. The molecule has 0 aliphatic carbocycles. The summed E-state index contributed by atoms with van der Waals surface area (Å²) in [6.07, 6.45) is 2.25. The molecular formula is C15H32N2O2. The average Bonchev–Trinajstić information content (AvgIpc) is 2.36. The molecule has 0 aromatic rings. The van der Waals surface area contributed by atoms with E-state index in [1.54, 1.807) is 7.11 Å². The highest BCUT2D eigenvalue weighted by Gasteiger charge is 2.24. The van der Waals surface area contributed by atoms with Gasteiger partial charge in [0.1, 0.15) is 0 Å². The molecule has 0 bridgehead atoms. The van der Waals surface area contributed by atoms with Gasteiger partial charge in [0, 0.05) is 52.0 Å². The molecule has 0 saturated carbocycles. The Labute approximate surface area is 118 Å². The van der Waals surface area contributed by atoms with Gasteiger partial charge in [0.25, 0.3) is 0 Å². The van der Waals surface area contributed by atoms with Crippen LogP contribution in [0.4, 0.5) is 0 Å². The molecule has 0 aromatic heterocycles. The molecule has 0 amide bonds. The molecule has 1 aliphatic rings. The molecule has 1 heterocycles. The summed E-state index contributed by atoms with van der Waals surface area (Å²) >= 11 is 0. The van der Waals surface area contributed by atoms with Crippen molar-refractivity contribution in [3.05, 3.63) is 0 Å². The molecule has 1 rings (SSSR count). The number of piperazine rings is 1. The molecule has 0 radical (unpaired) electrons. The summed E-state index contributed by atoms with van der Waals surface area (Å²) in [7, 11) is 1.73. The van der Waals surface area contributed by atoms with E-state index in [4.69, 9.17) is 9.47 Å². The third-order valence-electron chi connectivity index (χ3n) is 3.70. The molecule has 0 aromatic carbocycles. The summed E-state index contributed by atoms with van der Waals surface area (Å²) in [5.74, 6) is 0.762. The molecule has 2 atom stereocenters. The summed E-state index contributed by atoms with van der Waals surface area (Å²) in [5, 5.41) is 3.65. The van der Waals surface area contributed by atoms with Crippen LogP contribution in [0, 0.1) is 5.92 Å². The highest BCUT2D eigenvalue weighted by molar-refractivity contribution is 4.84. The smallest absolute Gasteiger partial charge is 0.0593 e. The van der Waals surface area contributed by atoms with E-state index in [2.05, 4.69) is 31.0 Å². The second-order valence-electron chi connectivity index (χ2n) is 6.04. The Morgan fingerprint density at radius 2 is 2.05 bits per heavy atom. The lowest BCUT2D eigenvalue weighted by Gasteiger charge is -2.39. The van der Waals surface area contributed by atoms with Gasteiger partial charge in [0.05, 0.1) is 6.61 Å². The van der Waals surface area contributed by atoms with Gasteiger partial charge >= 0.3 is 0 Å². The van der Waals surface area contributed by atoms with Crippen molar-refractivity contribution in [2.75, 3.05) is 46.6 Å². The van der Waals surface area contributed by atoms with Gasteiger partial charge in [-0.15, -0.1) is 0 Å². The van der Waals surface area contributed by atoms with Gasteiger partial charge in [-0.2, -0.15) is 0 Å². The Balaban J connectivity index is 2.15. The predicted molar refractivity (Wildman–Crippen MR) is 79.6 cm³/mol. The van der Waals surface area contributed by atoms with Crippen molar-refractivity contribution in [2.24, 2.45) is 5.92 Å². The number of nitrogens with one attached hydrogen (secondary N) is 1. The van der Waals surface area contributed by atoms with Crippen molar-refractivity contribution in [3.63, 3.8) is 0 Å². The number of methoxy groups -OCH3 is 1. The maximum atomic E-state index is 5.66. The van der Waals surface area contributed by atoms with Crippen LogP contribution in [0.15, 0.2) is 0 Å². The molecule has 19 heavy (non-hydrogen) atoms. The van der Waals surface area contributed by atoms with E-state index in [0.717, 1.165) is 51.8 Å². The van der Waals surface area contributed by atoms with Crippen molar-refractivity contribution in [3.8, 4) is 0 Å². The van der Waals surface area contributed by atoms with E-state index in [1.165, 1.54) is 6.42 Å². The minimum Gasteiger partial charge on any atom is -0.385 e. The van der Waals surface area contributed by atoms with Crippen molar-refractivity contribution in [2.45, 2.75) is 45.7 Å². The Morgan fingerprint density at radius 3 is 2.74 bits per heavy atom. The second-order valence-corrected chi connectivity index (χ2v) is 6.04. The number of rotatable bonds is 9. The molecule has 4 nitrogen and oxygen atoms in total. The zero-order valence-electron chi connectivity index (χ0n) is 13.2. The quantitative estimate of drug-likeness (QED) is 0.648. The molecule has 114 valence electrons. The monoisotopic (exact) mass is 272 g/mol. The summed E-state index contributed by atoms with van der Waals surface area (Å²) in [4.78, 5) is 2.56. The lowest BCUT2D eigenvalue weighted by molar-refractivity contribution is 0.0582. The summed E-state index contributed by atoms with van der Waals surface area (Å²) in [5.41, 5.74) is 0. The van der Waals surface area contributed by atoms with E-state index in [0.29, 0.717) is 12.1 Å². The average molecular weight is 272 g/mol. The molecular weight excluding hydrogens is 240 g/mol. The standard InChI is InChI=1S/C15H32N2O2/c1-13(2)10-15-12-17(14(3)11-16-15)6-9-19-8-5-7-18-4/h13-16H,5-12H2,1-4H3. The summed E-state index contributed by atoms with van der Waals surface area (Å²) in [6.45, 7) is 12.6. The summed E-state index contributed by atoms with van der Waals surface area (Å²) < 4.78 is 10.7. The first-order valence-corrected chi connectivity index (χ1v) is 7.67. The first-order valence-electron chi connectivity index (χ1n) is 7.67. The van der Waals surface area contributed by atoms with E-state index < -0.39 is 0 Å². The first-order chi connectivity index (χ1) is 9.13. The van der Waals surface area contributed by atoms with Gasteiger partial charge in [0.2, 0.25) is 0 Å². The highest BCUT2D eigenvalue weighted by atomic mass is 16.5. The fourth-order valence-corrected chi connectivity index (χ4v) is 2.62. The van der Waals surface area contributed by atoms with Gasteiger partial charge in [-0.3, -0.25) is 4.90 Å². The van der Waals surface area contributed by atoms with E-state index in [-0.39, 0.29) is 0 Å². The fraction of sp³-hybridized carbons (Fsp3) is 1.00. The van der Waals surface area contributed by atoms with Gasteiger partial charge in [-0.25, -0.2) is 0 Å². The van der Waals surface area contributed by atoms with Crippen LogP contribution in [0.3, 0.4) is 0 Å². The van der Waals surface area contributed by atoms with Crippen LogP contribution >= 0.6 is 0 Å². The summed E-state index contributed by atoms with van der Waals surface area (Å²) in [6, 6.07) is 1.26. The second kappa shape index (κ2) is 9.70. The zero-order chi connectivity index (χ0) is 14.1. The Hall–Kier alpha value is -0.160. The van der Waals surface area contributed by atoms with Crippen LogP contribution in [-0.4, -0.2) is 63.5 Å². The van der Waals surface area contributed by atoms with Gasteiger partial charge in [-0.05, 0) is 25.7 Å². The minimum absolute atomic E-state index is 0.617. The van der Waals surface area contributed by atoms with Gasteiger partial charge in [-0.1, -0.05) is 13.8 Å². The predicted octanol–water partition coefficient (Wildman–Crippen LogP) is 1.75. The van der Waals surface area contributed by atoms with Gasteiger partial charge < -0.3 is 14.8 Å². The zero-order valence-corrected chi connectivity index (χ0v) is 13.2. The van der Waals surface area contributed by atoms with Crippen LogP contribution in [0.1, 0.15) is 33.6 Å². The number of hydrogen-bond acceptors (Lipinski definition) is 4. The third kappa shape index (κ3) is 7.25. The lowest BCUT2D eigenvalue weighted by Crippen LogP contribution is -2.56. The van der Waals surface area contributed by atoms with Crippen molar-refractivity contribution >= 4 is 0 Å². The van der Waals surface area contributed by atoms with Crippen LogP contribution in [-0.2, 0) is 9.47 Å². The Morgan fingerprint density at radius 1 is 1.26 bits per heavy atom. The largest absolute Gasteiger partial charge is 0.385 e. The molecule has 2 unspecified atom stereocenters. The Kier molecular flexibility index (Phi) is 8.62. The van der Waals surface area contributed by atoms with Crippen LogP contribution in [0.25, 0.3) is 0 Å². The molecule has 1 N–H and O–H groups in total. The lowest BCUT2D eigenvalue weighted by atomic mass is 10.0. The molecule has 4 heteroatoms. The van der Waals surface area contributed by atoms with E-state index >= 15 is 0 Å². The van der Waals surface area contributed by atoms with E-state index in [1.807, 2.05) is 0 Å². The van der Waals surface area contributed by atoms with Gasteiger partial charge in [0.15, 0.2) is 0 Å². The molecule has 1 saturated heterocycles. The third-order valence-corrected chi connectivity index (χ3v) is 3.70. The normalized spacial score (nSPS) is 25.1. The Bertz CT molecular complexity index is 224. The molecule has 0 spiro atoms. The van der Waals surface area contributed by atoms with Crippen LogP contribution in [0.2, 0.25) is 0 Å². The highest BCUT2D eigenvalue weighted by Crippen LogP contribution is 2.12. The van der Waals surface area contributed by atoms with Crippen molar-refractivity contribution in [1.29, 1.82) is 0 Å². The molecule has 1 fully saturated rings. The van der Waals surface area contributed by atoms with E-state index in [9.17, 15) is 0 Å². The van der Waals surface area contributed by atoms with Crippen molar-refractivity contribution in [1.82, 2.24) is 10.2 Å². The minimum atomic E-state index is 0.617. The SMILES string of the molecule is COCCCOCCN1CC(CC(C)C)NCC1C. The maximum Gasteiger partial charge on any atom is 0.0593 e.